The second kappa shape index (κ2) is 5.81. The van der Waals surface area contributed by atoms with Crippen LogP contribution in [0.15, 0.2) is 60.8 Å². The normalized spacial score (nSPS) is 10.7. The van der Waals surface area contributed by atoms with Crippen LogP contribution in [0.3, 0.4) is 0 Å². The molecule has 0 spiro atoms. The van der Waals surface area contributed by atoms with Crippen LogP contribution in [0.4, 0.5) is 5.69 Å². The van der Waals surface area contributed by atoms with E-state index in [2.05, 4.69) is 5.32 Å². The van der Waals surface area contributed by atoms with Crippen LogP contribution < -0.4 is 11.1 Å². The first-order chi connectivity index (χ1) is 10.3. The minimum absolute atomic E-state index is 0.0504. The van der Waals surface area contributed by atoms with Gasteiger partial charge >= 0.3 is 0 Å². The van der Waals surface area contributed by atoms with Gasteiger partial charge in [0.2, 0.25) is 5.91 Å². The molecule has 0 saturated carbocycles. The molecular formula is C17H17N3O. The lowest BCUT2D eigenvalue weighted by atomic mass is 10.2. The summed E-state index contributed by atoms with van der Waals surface area (Å²) < 4.78 is 1.94. The van der Waals surface area contributed by atoms with Crippen molar-refractivity contribution in [2.45, 2.75) is 13.1 Å². The summed E-state index contributed by atoms with van der Waals surface area (Å²) in [5.41, 5.74) is 8.66. The topological polar surface area (TPSA) is 60.0 Å². The maximum Gasteiger partial charge on any atom is 0.244 e. The highest BCUT2D eigenvalue weighted by atomic mass is 16.1. The Balaban J connectivity index is 1.83. The highest BCUT2D eigenvalue weighted by Gasteiger charge is 2.10. The lowest BCUT2D eigenvalue weighted by Crippen LogP contribution is -2.18. The fourth-order valence-electron chi connectivity index (χ4n) is 2.49. The Morgan fingerprint density at radius 3 is 2.52 bits per heavy atom. The number of amides is 1. The van der Waals surface area contributed by atoms with Gasteiger partial charge in [-0.25, -0.2) is 0 Å². The monoisotopic (exact) mass is 279 g/mol. The molecule has 0 aliphatic carbocycles. The van der Waals surface area contributed by atoms with Gasteiger partial charge in [0, 0.05) is 29.3 Å². The fourth-order valence-corrected chi connectivity index (χ4v) is 2.49. The first-order valence-electron chi connectivity index (χ1n) is 6.89. The van der Waals surface area contributed by atoms with Crippen molar-refractivity contribution >= 4 is 22.5 Å². The van der Waals surface area contributed by atoms with Crippen LogP contribution in [0.5, 0.6) is 0 Å². The van der Waals surface area contributed by atoms with Crippen molar-refractivity contribution in [3.63, 3.8) is 0 Å². The number of aromatic nitrogens is 1. The van der Waals surface area contributed by atoms with Gasteiger partial charge in [0.05, 0.1) is 0 Å². The molecule has 0 aliphatic heterocycles. The quantitative estimate of drug-likeness (QED) is 0.771. The van der Waals surface area contributed by atoms with Gasteiger partial charge in [0.25, 0.3) is 0 Å². The number of hydrogen-bond acceptors (Lipinski definition) is 2. The van der Waals surface area contributed by atoms with Crippen LogP contribution in [0.2, 0.25) is 0 Å². The predicted octanol–water partition coefficient (Wildman–Crippen LogP) is 2.74. The molecule has 0 bridgehead atoms. The van der Waals surface area contributed by atoms with Crippen LogP contribution in [0.25, 0.3) is 10.9 Å². The average molecular weight is 279 g/mol. The molecule has 2 aromatic carbocycles. The van der Waals surface area contributed by atoms with E-state index in [9.17, 15) is 4.79 Å². The fraction of sp³-hybridized carbons (Fsp3) is 0.118. The predicted molar refractivity (Wildman–Crippen MR) is 84.9 cm³/mol. The summed E-state index contributed by atoms with van der Waals surface area (Å²) in [5.74, 6) is -0.0504. The Labute approximate surface area is 123 Å². The Kier molecular flexibility index (Phi) is 3.71. The number of nitrogens with one attached hydrogen (secondary N) is 1. The maximum atomic E-state index is 12.2. The summed E-state index contributed by atoms with van der Waals surface area (Å²) in [6, 6.07) is 17.4. The molecule has 1 aromatic heterocycles. The molecule has 3 aromatic rings. The van der Waals surface area contributed by atoms with E-state index in [1.807, 2.05) is 65.4 Å². The lowest BCUT2D eigenvalue weighted by Gasteiger charge is -2.07. The minimum atomic E-state index is -0.0504. The largest absolute Gasteiger partial charge is 0.338 e. The molecule has 106 valence electrons. The van der Waals surface area contributed by atoms with E-state index >= 15 is 0 Å². The van der Waals surface area contributed by atoms with Gasteiger partial charge < -0.3 is 15.6 Å². The Bertz CT molecular complexity index is 762. The van der Waals surface area contributed by atoms with Crippen molar-refractivity contribution < 1.29 is 4.79 Å². The molecule has 0 unspecified atom stereocenters. The highest BCUT2D eigenvalue weighted by molar-refractivity contribution is 5.92. The average Bonchev–Trinajstić information content (AvgIpc) is 2.86. The zero-order valence-corrected chi connectivity index (χ0v) is 11.6. The van der Waals surface area contributed by atoms with Crippen molar-refractivity contribution in [1.82, 2.24) is 4.57 Å². The maximum absolute atomic E-state index is 12.2. The first-order valence-corrected chi connectivity index (χ1v) is 6.89. The molecule has 3 N–H and O–H groups in total. The van der Waals surface area contributed by atoms with Crippen LogP contribution in [-0.2, 0) is 17.9 Å². The van der Waals surface area contributed by atoms with Gasteiger partial charge in [-0.2, -0.15) is 0 Å². The van der Waals surface area contributed by atoms with Gasteiger partial charge in [-0.1, -0.05) is 36.4 Å². The van der Waals surface area contributed by atoms with Crippen LogP contribution in [0, 0.1) is 0 Å². The van der Waals surface area contributed by atoms with Gasteiger partial charge in [-0.15, -0.1) is 0 Å². The Hall–Kier alpha value is -2.59. The molecule has 3 rings (SSSR count). The minimum Gasteiger partial charge on any atom is -0.338 e. The SMILES string of the molecule is NCc1cn(CC(=O)Nc2ccccc2)c2ccccc12. The van der Waals surface area contributed by atoms with Gasteiger partial charge in [0.15, 0.2) is 0 Å². The van der Waals surface area contributed by atoms with Crippen LogP contribution in [-0.4, -0.2) is 10.5 Å². The molecule has 0 aliphatic rings. The van der Waals surface area contributed by atoms with Crippen LogP contribution in [0.1, 0.15) is 5.56 Å². The smallest absolute Gasteiger partial charge is 0.244 e. The van der Waals surface area contributed by atoms with E-state index in [0.29, 0.717) is 6.54 Å². The third kappa shape index (κ3) is 2.80. The zero-order chi connectivity index (χ0) is 14.7. The third-order valence-corrected chi connectivity index (χ3v) is 3.46. The summed E-state index contributed by atoms with van der Waals surface area (Å²) in [4.78, 5) is 12.2. The highest BCUT2D eigenvalue weighted by Crippen LogP contribution is 2.21. The van der Waals surface area contributed by atoms with Crippen molar-refractivity contribution in [2.24, 2.45) is 5.73 Å². The van der Waals surface area contributed by atoms with Crippen molar-refractivity contribution in [3.05, 3.63) is 66.4 Å². The summed E-state index contributed by atoms with van der Waals surface area (Å²) in [6.07, 6.45) is 1.95. The van der Waals surface area contributed by atoms with Gasteiger partial charge in [-0.05, 0) is 23.8 Å². The number of carbonyl (C=O) groups excluding carboxylic acids is 1. The zero-order valence-electron chi connectivity index (χ0n) is 11.6. The number of benzene rings is 2. The lowest BCUT2D eigenvalue weighted by molar-refractivity contribution is -0.116. The van der Waals surface area contributed by atoms with Crippen molar-refractivity contribution in [2.75, 3.05) is 5.32 Å². The van der Waals surface area contributed by atoms with E-state index in [-0.39, 0.29) is 12.5 Å². The van der Waals surface area contributed by atoms with Crippen molar-refractivity contribution in [1.29, 1.82) is 0 Å². The van der Waals surface area contributed by atoms with E-state index in [1.165, 1.54) is 0 Å². The molecular weight excluding hydrogens is 262 g/mol. The summed E-state index contributed by atoms with van der Waals surface area (Å²) >= 11 is 0. The second-order valence-corrected chi connectivity index (χ2v) is 4.92. The summed E-state index contributed by atoms with van der Waals surface area (Å²) in [7, 11) is 0. The van der Waals surface area contributed by atoms with E-state index in [4.69, 9.17) is 5.73 Å². The van der Waals surface area contributed by atoms with E-state index in [0.717, 1.165) is 22.2 Å². The number of anilines is 1. The van der Waals surface area contributed by atoms with Gasteiger partial charge in [-0.3, -0.25) is 4.79 Å². The van der Waals surface area contributed by atoms with E-state index in [1.54, 1.807) is 0 Å². The summed E-state index contributed by atoms with van der Waals surface area (Å²) in [5, 5.41) is 4.00. The molecule has 0 atom stereocenters. The third-order valence-electron chi connectivity index (χ3n) is 3.46. The number of para-hydroxylation sites is 2. The number of carbonyl (C=O) groups is 1. The van der Waals surface area contributed by atoms with E-state index < -0.39 is 0 Å². The molecule has 4 heteroatoms. The molecule has 1 heterocycles. The number of rotatable bonds is 4. The van der Waals surface area contributed by atoms with Crippen LogP contribution >= 0.6 is 0 Å². The number of hydrogen-bond donors (Lipinski definition) is 2. The second-order valence-electron chi connectivity index (χ2n) is 4.92. The Morgan fingerprint density at radius 1 is 1.05 bits per heavy atom. The summed E-state index contributed by atoms with van der Waals surface area (Å²) in [6.45, 7) is 0.739. The number of fused-ring (bicyclic) bond motifs is 1. The number of nitrogens with zero attached hydrogens (tertiary/aromatic N) is 1. The molecule has 0 radical (unpaired) electrons. The standard InChI is InChI=1S/C17H17N3O/c18-10-13-11-20(16-9-5-4-8-15(13)16)12-17(21)19-14-6-2-1-3-7-14/h1-9,11H,10,12,18H2,(H,19,21). The van der Waals surface area contributed by atoms with Gasteiger partial charge in [0.1, 0.15) is 6.54 Å². The molecule has 4 nitrogen and oxygen atoms in total. The number of nitrogens with two attached hydrogens (primary N) is 1. The molecule has 0 fully saturated rings. The molecule has 21 heavy (non-hydrogen) atoms. The molecule has 1 amide bonds. The van der Waals surface area contributed by atoms with Crippen molar-refractivity contribution in [3.8, 4) is 0 Å². The first kappa shape index (κ1) is 13.4. The molecule has 0 saturated heterocycles. The Morgan fingerprint density at radius 2 is 1.76 bits per heavy atom.